The van der Waals surface area contributed by atoms with E-state index in [1.165, 1.54) is 30.4 Å². The van der Waals surface area contributed by atoms with Crippen molar-refractivity contribution in [3.8, 4) is 0 Å². The molecule has 1 aliphatic rings. The molecule has 1 fully saturated rings. The second kappa shape index (κ2) is 5.90. The summed E-state index contributed by atoms with van der Waals surface area (Å²) in [5.74, 6) is -0.719. The molecule has 0 amide bonds. The number of aryl methyl sites for hydroxylation is 1. The highest BCUT2D eigenvalue weighted by atomic mass is 32.2. The van der Waals surface area contributed by atoms with Crippen LogP contribution in [0.25, 0.3) is 0 Å². The first kappa shape index (κ1) is 16.2. The molecule has 2 rings (SSSR count). The summed E-state index contributed by atoms with van der Waals surface area (Å²) in [4.78, 5) is 1.82. The molecule has 0 radical (unpaired) electrons. The number of benzene rings is 1. The lowest BCUT2D eigenvalue weighted by molar-refractivity contribution is 0.197. The Morgan fingerprint density at radius 3 is 2.48 bits per heavy atom. The van der Waals surface area contributed by atoms with Gasteiger partial charge in [-0.1, -0.05) is 0 Å². The number of piperidine rings is 1. The second-order valence-electron chi connectivity index (χ2n) is 5.71. The zero-order valence-corrected chi connectivity index (χ0v) is 13.5. The molecule has 1 aromatic carbocycles. The van der Waals surface area contributed by atoms with Gasteiger partial charge in [-0.25, -0.2) is 12.8 Å². The van der Waals surface area contributed by atoms with Crippen molar-refractivity contribution < 1.29 is 12.8 Å². The SMILES string of the molecule is Cc1cc(N)cc(S(=O)(=O)N(C)C2CCN(C)CC2)c1F. The van der Waals surface area contributed by atoms with Crippen molar-refractivity contribution >= 4 is 15.7 Å². The van der Waals surface area contributed by atoms with Crippen LogP contribution in [0.15, 0.2) is 17.0 Å². The maximum atomic E-state index is 14.2. The molecule has 0 spiro atoms. The fraction of sp³-hybridized carbons (Fsp3) is 0.571. The number of nitrogens with two attached hydrogens (primary N) is 1. The van der Waals surface area contributed by atoms with Gasteiger partial charge in [-0.3, -0.25) is 0 Å². The lowest BCUT2D eigenvalue weighted by Gasteiger charge is -2.34. The van der Waals surface area contributed by atoms with Crippen LogP contribution in [-0.2, 0) is 10.0 Å². The Kier molecular flexibility index (Phi) is 4.55. The van der Waals surface area contributed by atoms with E-state index < -0.39 is 15.8 Å². The summed E-state index contributed by atoms with van der Waals surface area (Å²) in [5, 5.41) is 0. The van der Waals surface area contributed by atoms with Gasteiger partial charge in [0.05, 0.1) is 0 Å². The van der Waals surface area contributed by atoms with Crippen molar-refractivity contribution in [2.75, 3.05) is 32.9 Å². The molecule has 0 saturated carbocycles. The first-order valence-electron chi connectivity index (χ1n) is 6.95. The van der Waals surface area contributed by atoms with Crippen molar-refractivity contribution in [3.63, 3.8) is 0 Å². The van der Waals surface area contributed by atoms with Gasteiger partial charge in [0.25, 0.3) is 0 Å². The van der Waals surface area contributed by atoms with Crippen molar-refractivity contribution in [1.29, 1.82) is 0 Å². The molecule has 118 valence electrons. The molecule has 21 heavy (non-hydrogen) atoms. The Morgan fingerprint density at radius 2 is 1.90 bits per heavy atom. The summed E-state index contributed by atoms with van der Waals surface area (Å²) in [5.41, 5.74) is 6.16. The molecule has 2 N–H and O–H groups in total. The lowest BCUT2D eigenvalue weighted by Crippen LogP contribution is -2.44. The Morgan fingerprint density at radius 1 is 1.33 bits per heavy atom. The molecule has 5 nitrogen and oxygen atoms in total. The molecule has 0 aliphatic carbocycles. The minimum atomic E-state index is -3.87. The molecular weight excluding hydrogens is 293 g/mol. The van der Waals surface area contributed by atoms with E-state index in [2.05, 4.69) is 4.90 Å². The largest absolute Gasteiger partial charge is 0.399 e. The fourth-order valence-electron chi connectivity index (χ4n) is 2.66. The Balaban J connectivity index is 2.34. The van der Waals surface area contributed by atoms with Crippen LogP contribution in [0.3, 0.4) is 0 Å². The van der Waals surface area contributed by atoms with Crippen LogP contribution in [0, 0.1) is 12.7 Å². The monoisotopic (exact) mass is 315 g/mol. The van der Waals surface area contributed by atoms with Gasteiger partial charge in [0.1, 0.15) is 10.7 Å². The van der Waals surface area contributed by atoms with Gasteiger partial charge in [0.15, 0.2) is 0 Å². The quantitative estimate of drug-likeness (QED) is 0.857. The minimum absolute atomic E-state index is 0.104. The van der Waals surface area contributed by atoms with E-state index in [1.54, 1.807) is 0 Å². The topological polar surface area (TPSA) is 66.6 Å². The number of anilines is 1. The Hall–Kier alpha value is -1.18. The van der Waals surface area contributed by atoms with Crippen LogP contribution in [0.2, 0.25) is 0 Å². The first-order valence-corrected chi connectivity index (χ1v) is 8.39. The van der Waals surface area contributed by atoms with Crippen molar-refractivity contribution in [2.24, 2.45) is 0 Å². The summed E-state index contributed by atoms with van der Waals surface area (Å²) in [7, 11) is -0.349. The molecule has 1 saturated heterocycles. The van der Waals surface area contributed by atoms with Crippen LogP contribution in [0.4, 0.5) is 10.1 Å². The van der Waals surface area contributed by atoms with Crippen molar-refractivity contribution in [1.82, 2.24) is 9.21 Å². The van der Waals surface area contributed by atoms with E-state index in [1.807, 2.05) is 7.05 Å². The first-order chi connectivity index (χ1) is 9.73. The number of hydrogen-bond donors (Lipinski definition) is 1. The maximum absolute atomic E-state index is 14.2. The predicted octanol–water partition coefficient (Wildman–Crippen LogP) is 1.43. The van der Waals surface area contributed by atoms with E-state index >= 15 is 0 Å². The third-order valence-electron chi connectivity index (χ3n) is 4.10. The summed E-state index contributed by atoms with van der Waals surface area (Å²) in [6.45, 7) is 3.19. The molecular formula is C14H22FN3O2S. The third kappa shape index (κ3) is 3.20. The van der Waals surface area contributed by atoms with Crippen molar-refractivity contribution in [3.05, 3.63) is 23.5 Å². The summed E-state index contributed by atoms with van der Waals surface area (Å²) < 4.78 is 40.8. The van der Waals surface area contributed by atoms with Crippen LogP contribution in [-0.4, -0.2) is 50.8 Å². The number of hydrogen-bond acceptors (Lipinski definition) is 4. The zero-order valence-electron chi connectivity index (χ0n) is 12.6. The number of nitrogens with zero attached hydrogens (tertiary/aromatic N) is 2. The van der Waals surface area contributed by atoms with E-state index in [0.717, 1.165) is 25.9 Å². The molecule has 1 aromatic rings. The molecule has 1 aliphatic heterocycles. The number of likely N-dealkylation sites (tertiary alicyclic amines) is 1. The normalized spacial score (nSPS) is 18.3. The molecule has 1 heterocycles. The van der Waals surface area contributed by atoms with Crippen LogP contribution in [0.1, 0.15) is 18.4 Å². The van der Waals surface area contributed by atoms with Gasteiger partial charge in [0.2, 0.25) is 10.0 Å². The van der Waals surface area contributed by atoms with Gasteiger partial charge in [-0.05, 0) is 57.6 Å². The Bertz CT molecular complexity index is 625. The number of halogens is 1. The van der Waals surface area contributed by atoms with Crippen LogP contribution >= 0.6 is 0 Å². The number of rotatable bonds is 3. The van der Waals surface area contributed by atoms with Crippen molar-refractivity contribution in [2.45, 2.75) is 30.7 Å². The summed E-state index contributed by atoms with van der Waals surface area (Å²) in [6.07, 6.45) is 1.49. The third-order valence-corrected chi connectivity index (χ3v) is 6.01. The van der Waals surface area contributed by atoms with Gasteiger partial charge >= 0.3 is 0 Å². The van der Waals surface area contributed by atoms with E-state index in [9.17, 15) is 12.8 Å². The van der Waals surface area contributed by atoms with E-state index in [4.69, 9.17) is 5.73 Å². The highest BCUT2D eigenvalue weighted by Gasteiger charge is 2.32. The summed E-state index contributed by atoms with van der Waals surface area (Å²) in [6, 6.07) is 2.53. The van der Waals surface area contributed by atoms with Crippen LogP contribution < -0.4 is 5.73 Å². The molecule has 0 atom stereocenters. The molecule has 0 aromatic heterocycles. The maximum Gasteiger partial charge on any atom is 0.246 e. The van der Waals surface area contributed by atoms with E-state index in [-0.39, 0.29) is 22.2 Å². The van der Waals surface area contributed by atoms with Gasteiger partial charge in [-0.15, -0.1) is 0 Å². The standard InChI is InChI=1S/C14H22FN3O2S/c1-10-8-11(16)9-13(14(10)15)21(19,20)18(3)12-4-6-17(2)7-5-12/h8-9,12H,4-7,16H2,1-3H3. The van der Waals surface area contributed by atoms with E-state index in [0.29, 0.717) is 0 Å². The average molecular weight is 315 g/mol. The van der Waals surface area contributed by atoms with Crippen LogP contribution in [0.5, 0.6) is 0 Å². The molecule has 0 bridgehead atoms. The molecule has 0 unspecified atom stereocenters. The highest BCUT2D eigenvalue weighted by Crippen LogP contribution is 2.27. The fourth-order valence-corrected chi connectivity index (χ4v) is 4.25. The summed E-state index contributed by atoms with van der Waals surface area (Å²) >= 11 is 0. The minimum Gasteiger partial charge on any atom is -0.399 e. The number of nitrogen functional groups attached to an aromatic ring is 1. The predicted molar refractivity (Wildman–Crippen MR) is 81.0 cm³/mol. The smallest absolute Gasteiger partial charge is 0.246 e. The lowest BCUT2D eigenvalue weighted by atomic mass is 10.1. The van der Waals surface area contributed by atoms with Gasteiger partial charge in [-0.2, -0.15) is 4.31 Å². The van der Waals surface area contributed by atoms with Gasteiger partial charge < -0.3 is 10.6 Å². The number of sulfonamides is 1. The molecule has 7 heteroatoms. The zero-order chi connectivity index (χ0) is 15.8. The second-order valence-corrected chi connectivity index (χ2v) is 7.67. The van der Waals surface area contributed by atoms with Gasteiger partial charge in [0, 0.05) is 18.8 Å². The Labute approximate surface area is 125 Å². The average Bonchev–Trinajstić information content (AvgIpc) is 2.42. The highest BCUT2D eigenvalue weighted by molar-refractivity contribution is 7.89.